The summed E-state index contributed by atoms with van der Waals surface area (Å²) in [7, 11) is 1.37. The van der Waals surface area contributed by atoms with Crippen LogP contribution in [0.4, 0.5) is 0 Å². The van der Waals surface area contributed by atoms with E-state index in [4.69, 9.17) is 9.90 Å². The van der Waals surface area contributed by atoms with Crippen molar-refractivity contribution in [3.63, 3.8) is 0 Å². The lowest BCUT2D eigenvalue weighted by atomic mass is 10.5. The van der Waals surface area contributed by atoms with E-state index in [1.165, 1.54) is 7.11 Å². The van der Waals surface area contributed by atoms with Crippen molar-refractivity contribution in [1.29, 1.82) is 0 Å². The van der Waals surface area contributed by atoms with Gasteiger partial charge in [0.15, 0.2) is 0 Å². The molecule has 1 amide bonds. The van der Waals surface area contributed by atoms with Gasteiger partial charge in [-0.05, 0) is 12.8 Å². The van der Waals surface area contributed by atoms with Crippen LogP contribution >= 0.6 is 0 Å². The van der Waals surface area contributed by atoms with Crippen LogP contribution in [0.25, 0.3) is 0 Å². The van der Waals surface area contributed by atoms with Crippen LogP contribution in [0.2, 0.25) is 0 Å². The number of carbonyl (C=O) groups excluding carboxylic acids is 1. The Bertz CT molecular complexity index is 133. The van der Waals surface area contributed by atoms with Gasteiger partial charge in [-0.2, -0.15) is 0 Å². The first-order valence-electron chi connectivity index (χ1n) is 3.17. The van der Waals surface area contributed by atoms with Gasteiger partial charge in [-0.15, -0.1) is 0 Å². The number of hydrogen-bond acceptors (Lipinski definition) is 3. The molecule has 0 saturated heterocycles. The fourth-order valence-corrected chi connectivity index (χ4v) is 0.378. The van der Waals surface area contributed by atoms with Gasteiger partial charge in [-0.25, -0.2) is 5.48 Å². The van der Waals surface area contributed by atoms with Gasteiger partial charge in [-0.3, -0.25) is 14.4 Å². The molecule has 5 heteroatoms. The van der Waals surface area contributed by atoms with Gasteiger partial charge in [0, 0.05) is 0 Å². The minimum absolute atomic E-state index is 0.0185. The lowest BCUT2D eigenvalue weighted by molar-refractivity contribution is -0.138. The highest BCUT2D eigenvalue weighted by molar-refractivity contribution is 5.72. The monoisotopic (exact) mass is 161 g/mol. The van der Waals surface area contributed by atoms with Gasteiger partial charge in [0.05, 0.1) is 13.0 Å². The summed E-state index contributed by atoms with van der Waals surface area (Å²) >= 11 is 0. The maximum atomic E-state index is 9.76. The van der Waals surface area contributed by atoms with Crippen molar-refractivity contribution in [2.75, 3.05) is 7.11 Å². The Labute approximate surface area is 64.3 Å². The highest BCUT2D eigenvalue weighted by atomic mass is 16.6. The molecular formula is C6H11NO4. The summed E-state index contributed by atoms with van der Waals surface area (Å²) in [4.78, 5) is 23.0. The predicted octanol–water partition coefficient (Wildman–Crippen LogP) is -0.225. The van der Waals surface area contributed by atoms with Gasteiger partial charge in [-0.1, -0.05) is 0 Å². The molecule has 0 atom stereocenters. The zero-order valence-electron chi connectivity index (χ0n) is 6.24. The molecule has 1 fully saturated rings. The summed E-state index contributed by atoms with van der Waals surface area (Å²) in [6.07, 6.45) is 2.25. The molecule has 0 aromatic rings. The van der Waals surface area contributed by atoms with Gasteiger partial charge in [0.1, 0.15) is 0 Å². The summed E-state index contributed by atoms with van der Waals surface area (Å²) in [5.41, 5.74) is 1.93. The third-order valence-electron chi connectivity index (χ3n) is 1.09. The molecule has 1 aliphatic carbocycles. The summed E-state index contributed by atoms with van der Waals surface area (Å²) in [5, 5.41) is 8.05. The second-order valence-corrected chi connectivity index (χ2v) is 2.05. The van der Waals surface area contributed by atoms with E-state index in [0.717, 1.165) is 12.8 Å². The zero-order valence-corrected chi connectivity index (χ0v) is 6.24. The molecule has 0 aromatic heterocycles. The van der Waals surface area contributed by atoms with E-state index in [0.29, 0.717) is 6.41 Å². The summed E-state index contributed by atoms with van der Waals surface area (Å²) in [5.74, 6) is -0.611. The first kappa shape index (κ1) is 9.90. The van der Waals surface area contributed by atoms with Crippen molar-refractivity contribution < 1.29 is 19.5 Å². The maximum absolute atomic E-state index is 9.76. The molecule has 0 heterocycles. The summed E-state index contributed by atoms with van der Waals surface area (Å²) < 4.78 is 0. The third-order valence-corrected chi connectivity index (χ3v) is 1.09. The number of aliphatic carboxylic acids is 1. The molecule has 1 rings (SSSR count). The Kier molecular flexibility index (Phi) is 5.10. The van der Waals surface area contributed by atoms with Crippen molar-refractivity contribution in [2.24, 2.45) is 5.92 Å². The van der Waals surface area contributed by atoms with Crippen molar-refractivity contribution in [3.8, 4) is 0 Å². The molecule has 0 spiro atoms. The van der Waals surface area contributed by atoms with Crippen LogP contribution in [0.5, 0.6) is 0 Å². The fourth-order valence-electron chi connectivity index (χ4n) is 0.378. The average Bonchev–Trinajstić information content (AvgIpc) is 2.71. The number of hydroxylamine groups is 1. The lowest BCUT2D eigenvalue weighted by Gasteiger charge is -1.81. The minimum Gasteiger partial charge on any atom is -0.481 e. The van der Waals surface area contributed by atoms with Crippen molar-refractivity contribution in [2.45, 2.75) is 12.8 Å². The van der Waals surface area contributed by atoms with Crippen LogP contribution in [-0.4, -0.2) is 24.6 Å². The molecule has 2 N–H and O–H groups in total. The summed E-state index contributed by atoms with van der Waals surface area (Å²) in [6.45, 7) is 0. The first-order valence-corrected chi connectivity index (χ1v) is 3.17. The molecule has 64 valence electrons. The fraction of sp³-hybridized carbons (Fsp3) is 0.667. The number of carboxylic acid groups (broad SMARTS) is 1. The SMILES string of the molecule is CONC=O.O=C(O)C1CC1. The van der Waals surface area contributed by atoms with E-state index >= 15 is 0 Å². The maximum Gasteiger partial charge on any atom is 0.306 e. The molecule has 1 saturated carbocycles. The van der Waals surface area contributed by atoms with E-state index in [1.54, 1.807) is 0 Å². The van der Waals surface area contributed by atoms with Gasteiger partial charge in [0.25, 0.3) is 0 Å². The third kappa shape index (κ3) is 6.79. The van der Waals surface area contributed by atoms with Crippen LogP contribution in [0.15, 0.2) is 0 Å². The molecule has 0 aromatic carbocycles. The molecule has 0 bridgehead atoms. The topological polar surface area (TPSA) is 75.6 Å². The minimum atomic E-state index is -0.630. The van der Waals surface area contributed by atoms with Crippen LogP contribution in [0.1, 0.15) is 12.8 Å². The van der Waals surface area contributed by atoms with Crippen LogP contribution in [0.3, 0.4) is 0 Å². The van der Waals surface area contributed by atoms with E-state index in [-0.39, 0.29) is 5.92 Å². The van der Waals surface area contributed by atoms with Crippen LogP contribution < -0.4 is 5.48 Å². The number of carboxylic acids is 1. The number of amides is 1. The van der Waals surface area contributed by atoms with Crippen LogP contribution in [-0.2, 0) is 14.4 Å². The highest BCUT2D eigenvalue weighted by Gasteiger charge is 2.28. The van der Waals surface area contributed by atoms with Crippen molar-refractivity contribution in [1.82, 2.24) is 5.48 Å². The molecule has 0 radical (unpaired) electrons. The second kappa shape index (κ2) is 5.67. The Morgan fingerprint density at radius 2 is 2.27 bits per heavy atom. The van der Waals surface area contributed by atoms with E-state index in [1.807, 2.05) is 5.48 Å². The first-order chi connectivity index (χ1) is 5.22. The molecular weight excluding hydrogens is 150 g/mol. The Balaban J connectivity index is 0.000000187. The molecule has 0 unspecified atom stereocenters. The quantitative estimate of drug-likeness (QED) is 0.443. The van der Waals surface area contributed by atoms with Gasteiger partial charge < -0.3 is 5.11 Å². The number of nitrogens with one attached hydrogen (secondary N) is 1. The molecule has 11 heavy (non-hydrogen) atoms. The van der Waals surface area contributed by atoms with Gasteiger partial charge in [0.2, 0.25) is 6.41 Å². The van der Waals surface area contributed by atoms with Crippen molar-refractivity contribution in [3.05, 3.63) is 0 Å². The highest BCUT2D eigenvalue weighted by Crippen LogP contribution is 2.28. The van der Waals surface area contributed by atoms with E-state index < -0.39 is 5.97 Å². The Morgan fingerprint density at radius 1 is 1.73 bits per heavy atom. The lowest BCUT2D eigenvalue weighted by Crippen LogP contribution is -2.06. The smallest absolute Gasteiger partial charge is 0.306 e. The largest absolute Gasteiger partial charge is 0.481 e. The van der Waals surface area contributed by atoms with Gasteiger partial charge >= 0.3 is 5.97 Å². The second-order valence-electron chi connectivity index (χ2n) is 2.05. The molecule has 0 aliphatic heterocycles. The Morgan fingerprint density at radius 3 is 2.27 bits per heavy atom. The number of carbonyl (C=O) groups is 2. The van der Waals surface area contributed by atoms with Crippen molar-refractivity contribution >= 4 is 12.4 Å². The number of hydrogen-bond donors (Lipinski definition) is 2. The predicted molar refractivity (Wildman–Crippen MR) is 36.6 cm³/mol. The molecule has 5 nitrogen and oxygen atoms in total. The average molecular weight is 161 g/mol. The summed E-state index contributed by atoms with van der Waals surface area (Å²) in [6, 6.07) is 0. The number of rotatable bonds is 3. The standard InChI is InChI=1S/C4H6O2.C2H5NO2/c5-4(6)3-1-2-3;1-5-3-2-4/h3H,1-2H2,(H,5,6);2H,1H3,(H,3,4). The van der Waals surface area contributed by atoms with E-state index in [2.05, 4.69) is 4.84 Å². The van der Waals surface area contributed by atoms with Crippen LogP contribution in [0, 0.1) is 5.92 Å². The Hall–Kier alpha value is -1.10. The van der Waals surface area contributed by atoms with E-state index in [9.17, 15) is 4.79 Å². The molecule has 1 aliphatic rings. The normalized spacial score (nSPS) is 14.3. The zero-order chi connectivity index (χ0) is 8.69.